The third kappa shape index (κ3) is 7.83. The average molecular weight is 584 g/mol. The summed E-state index contributed by atoms with van der Waals surface area (Å²) in [6.45, 7) is 0.511. The molecule has 232 valence electrons. The van der Waals surface area contributed by atoms with Gasteiger partial charge in [-0.2, -0.15) is 0 Å². The smallest absolute Gasteiger partial charge is 0.294 e. The van der Waals surface area contributed by atoms with Crippen molar-refractivity contribution in [3.63, 3.8) is 0 Å². The fourth-order valence-corrected chi connectivity index (χ4v) is 5.36. The molecule has 2 heterocycles. The Balaban J connectivity index is 1.84. The fraction of sp³-hybridized carbons (Fsp3) is 0.875. The van der Waals surface area contributed by atoms with Gasteiger partial charge in [0.1, 0.15) is 24.1 Å². The van der Waals surface area contributed by atoms with Gasteiger partial charge in [0.05, 0.1) is 44.1 Å². The molecule has 1 saturated carbocycles. The molecule has 1 amide bonds. The van der Waals surface area contributed by atoms with Crippen molar-refractivity contribution in [1.82, 2.24) is 10.6 Å². The number of rotatable bonds is 11. The molecule has 2 aliphatic heterocycles. The van der Waals surface area contributed by atoms with Crippen molar-refractivity contribution in [2.75, 3.05) is 32.8 Å². The quantitative estimate of drug-likeness (QED) is 0.104. The zero-order chi connectivity index (χ0) is 29.8. The van der Waals surface area contributed by atoms with Gasteiger partial charge in [-0.15, -0.1) is 0 Å². The van der Waals surface area contributed by atoms with Crippen molar-refractivity contribution in [2.24, 2.45) is 23.1 Å². The second-order valence-electron chi connectivity index (χ2n) is 11.1. The van der Waals surface area contributed by atoms with E-state index in [-0.39, 0.29) is 32.6 Å². The molecule has 13 N–H and O–H groups in total. The molecular weight excluding hydrogens is 540 g/mol. The molecule has 3 rings (SSSR count). The zero-order valence-corrected chi connectivity index (χ0v) is 22.4. The Bertz CT molecular complexity index is 886. The molecule has 0 aromatic heterocycles. The summed E-state index contributed by atoms with van der Waals surface area (Å²) in [4.78, 5) is 12.6. The summed E-state index contributed by atoms with van der Waals surface area (Å²) < 4.78 is 45.3. The SMILES string of the molecule is C[C@]1(O)CO[C@H](O[C@H]2[C@H](NC(=O)C(O)C(F)(F)CN)C[C@H](N)C([C@H]3OC(CNCCO)=CC[C@H]3N)[C@@H]2O)[C@H](O)C1. The summed E-state index contributed by atoms with van der Waals surface area (Å²) in [5.41, 5.74) is 16.4. The lowest BCUT2D eigenvalue weighted by Crippen LogP contribution is -2.68. The minimum Gasteiger partial charge on any atom is -0.492 e. The van der Waals surface area contributed by atoms with Crippen LogP contribution in [0, 0.1) is 5.92 Å². The van der Waals surface area contributed by atoms with Gasteiger partial charge in [-0.3, -0.25) is 4.79 Å². The normalized spacial score (nSPS) is 39.7. The molecule has 11 atom stereocenters. The summed E-state index contributed by atoms with van der Waals surface area (Å²) in [7, 11) is 0. The van der Waals surface area contributed by atoms with Crippen LogP contribution in [0.5, 0.6) is 0 Å². The van der Waals surface area contributed by atoms with E-state index in [0.717, 1.165) is 0 Å². The molecule has 16 heteroatoms. The van der Waals surface area contributed by atoms with E-state index >= 15 is 0 Å². The Morgan fingerprint density at radius 3 is 2.65 bits per heavy atom. The summed E-state index contributed by atoms with van der Waals surface area (Å²) >= 11 is 0. The minimum atomic E-state index is -3.91. The first-order valence-corrected chi connectivity index (χ1v) is 13.3. The molecule has 40 heavy (non-hydrogen) atoms. The topological polar surface area (TPSA) is 248 Å². The molecule has 2 unspecified atom stereocenters. The third-order valence-electron chi connectivity index (χ3n) is 7.50. The number of nitrogens with one attached hydrogen (secondary N) is 2. The lowest BCUT2D eigenvalue weighted by atomic mass is 9.72. The van der Waals surface area contributed by atoms with Gasteiger partial charge in [-0.25, -0.2) is 8.78 Å². The number of aliphatic hydroxyl groups is 5. The van der Waals surface area contributed by atoms with Crippen molar-refractivity contribution in [3.05, 3.63) is 11.8 Å². The van der Waals surface area contributed by atoms with Crippen LogP contribution in [0.3, 0.4) is 0 Å². The lowest BCUT2D eigenvalue weighted by molar-refractivity contribution is -0.289. The van der Waals surface area contributed by atoms with E-state index in [1.807, 2.05) is 0 Å². The maximum Gasteiger partial charge on any atom is 0.294 e. The van der Waals surface area contributed by atoms with Crippen LogP contribution in [0.2, 0.25) is 0 Å². The molecule has 0 aromatic rings. The standard InChI is InChI=1S/C24H43F2N5O9/c1-23(37)7-15(33)22(38-10-23)40-19-14(31-21(36)20(35)24(25,26)9-27)6-13(29)16(17(19)34)18-12(28)3-2-11(39-18)8-30-4-5-32/h2,12-20,22,30,32-35,37H,3-10,27-29H2,1H3,(H,31,36)/t12-,13+,14-,15-,16?,17+,18+,19+,20?,22-,23-/m1/s1. The molecule has 1 saturated heterocycles. The minimum absolute atomic E-state index is 0.0784. The fourth-order valence-electron chi connectivity index (χ4n) is 5.36. The van der Waals surface area contributed by atoms with Crippen LogP contribution in [0.25, 0.3) is 0 Å². The van der Waals surface area contributed by atoms with E-state index in [9.17, 15) is 34.0 Å². The Kier molecular flexibility index (Phi) is 11.2. The number of hydrogen-bond acceptors (Lipinski definition) is 13. The van der Waals surface area contributed by atoms with Crippen LogP contribution in [-0.2, 0) is 19.0 Å². The van der Waals surface area contributed by atoms with Crippen LogP contribution in [-0.4, -0.2) is 131 Å². The number of nitrogens with two attached hydrogens (primary N) is 3. The largest absolute Gasteiger partial charge is 0.492 e. The van der Waals surface area contributed by atoms with Gasteiger partial charge in [0.2, 0.25) is 0 Å². The van der Waals surface area contributed by atoms with Gasteiger partial charge in [-0.1, -0.05) is 0 Å². The number of halogens is 2. The number of carbonyl (C=O) groups excluding carboxylic acids is 1. The number of carbonyl (C=O) groups is 1. The maximum atomic E-state index is 13.9. The Morgan fingerprint density at radius 1 is 1.32 bits per heavy atom. The van der Waals surface area contributed by atoms with Crippen molar-refractivity contribution in [2.45, 2.75) is 92.6 Å². The van der Waals surface area contributed by atoms with Gasteiger partial charge in [-0.05, 0) is 25.8 Å². The number of alkyl halides is 2. The van der Waals surface area contributed by atoms with Gasteiger partial charge >= 0.3 is 0 Å². The highest BCUT2D eigenvalue weighted by Crippen LogP contribution is 2.36. The second kappa shape index (κ2) is 13.6. The highest BCUT2D eigenvalue weighted by atomic mass is 19.3. The Morgan fingerprint density at radius 2 is 2.02 bits per heavy atom. The zero-order valence-electron chi connectivity index (χ0n) is 22.4. The summed E-state index contributed by atoms with van der Waals surface area (Å²) in [6, 6.07) is -2.65. The van der Waals surface area contributed by atoms with Crippen LogP contribution in [0.15, 0.2) is 11.8 Å². The van der Waals surface area contributed by atoms with Crippen LogP contribution in [0.1, 0.15) is 26.2 Å². The van der Waals surface area contributed by atoms with Gasteiger partial charge in [0.25, 0.3) is 11.8 Å². The average Bonchev–Trinajstić information content (AvgIpc) is 2.88. The number of hydrogen-bond donors (Lipinski definition) is 10. The third-order valence-corrected chi connectivity index (χ3v) is 7.50. The first-order chi connectivity index (χ1) is 18.7. The van der Waals surface area contributed by atoms with E-state index in [1.54, 1.807) is 6.08 Å². The van der Waals surface area contributed by atoms with Crippen molar-refractivity contribution < 1.29 is 53.3 Å². The van der Waals surface area contributed by atoms with E-state index in [2.05, 4.69) is 10.6 Å². The van der Waals surface area contributed by atoms with E-state index < -0.39 is 84.8 Å². The second-order valence-corrected chi connectivity index (χ2v) is 11.1. The van der Waals surface area contributed by atoms with E-state index in [0.29, 0.717) is 18.7 Å². The van der Waals surface area contributed by atoms with Crippen LogP contribution < -0.4 is 27.8 Å². The van der Waals surface area contributed by atoms with Gasteiger partial charge < -0.3 is 67.6 Å². The predicted octanol–water partition coefficient (Wildman–Crippen LogP) is -4.04. The highest BCUT2D eigenvalue weighted by molar-refractivity contribution is 5.82. The molecule has 0 bridgehead atoms. The molecule has 0 radical (unpaired) electrons. The molecule has 0 aromatic carbocycles. The van der Waals surface area contributed by atoms with Crippen molar-refractivity contribution in [3.8, 4) is 0 Å². The summed E-state index contributed by atoms with van der Waals surface area (Å²) in [5.74, 6) is -5.71. The molecule has 2 fully saturated rings. The van der Waals surface area contributed by atoms with Crippen molar-refractivity contribution >= 4 is 5.91 Å². The van der Waals surface area contributed by atoms with Gasteiger partial charge in [0, 0.05) is 31.0 Å². The number of amides is 1. The molecule has 0 spiro atoms. The summed E-state index contributed by atoms with van der Waals surface area (Å²) in [6.07, 6.45) is -7.17. The van der Waals surface area contributed by atoms with Crippen LogP contribution in [0.4, 0.5) is 8.78 Å². The Hall–Kier alpha value is -1.57. The first kappa shape index (κ1) is 32.9. The van der Waals surface area contributed by atoms with E-state index in [1.165, 1.54) is 6.92 Å². The number of aliphatic hydroxyl groups excluding tert-OH is 4. The summed E-state index contributed by atoms with van der Waals surface area (Å²) in [5, 5.41) is 56.4. The molecular formula is C24H43F2N5O9. The highest BCUT2D eigenvalue weighted by Gasteiger charge is 2.53. The molecule has 14 nitrogen and oxygen atoms in total. The maximum absolute atomic E-state index is 13.9. The number of ether oxygens (including phenoxy) is 3. The van der Waals surface area contributed by atoms with Gasteiger partial charge in [0.15, 0.2) is 12.4 Å². The first-order valence-electron chi connectivity index (χ1n) is 13.3. The predicted molar refractivity (Wildman–Crippen MR) is 135 cm³/mol. The molecule has 3 aliphatic rings. The van der Waals surface area contributed by atoms with Crippen LogP contribution >= 0.6 is 0 Å². The lowest BCUT2D eigenvalue weighted by Gasteiger charge is -2.49. The van der Waals surface area contributed by atoms with E-state index in [4.69, 9.17) is 36.5 Å². The molecule has 1 aliphatic carbocycles. The monoisotopic (exact) mass is 583 g/mol. The van der Waals surface area contributed by atoms with Crippen molar-refractivity contribution in [1.29, 1.82) is 0 Å². The Labute approximate surface area is 230 Å².